The summed E-state index contributed by atoms with van der Waals surface area (Å²) in [6.45, 7) is 0. The van der Waals surface area contributed by atoms with E-state index in [9.17, 15) is 4.79 Å². The van der Waals surface area contributed by atoms with E-state index < -0.39 is 0 Å². The van der Waals surface area contributed by atoms with E-state index in [1.54, 1.807) is 12.3 Å². The number of halogens is 1. The van der Waals surface area contributed by atoms with Gasteiger partial charge in [-0.1, -0.05) is 42.5 Å². The van der Waals surface area contributed by atoms with Gasteiger partial charge in [0.05, 0.1) is 11.9 Å². The molecule has 24 heavy (non-hydrogen) atoms. The highest BCUT2D eigenvalue weighted by Gasteiger charge is 2.02. The van der Waals surface area contributed by atoms with Crippen LogP contribution in [0.15, 0.2) is 66.9 Å². The molecule has 0 aliphatic rings. The summed E-state index contributed by atoms with van der Waals surface area (Å²) in [5.74, 6) is 0.204. The molecule has 0 atom stereocenters. The molecule has 1 amide bonds. The number of nitrogen functional groups attached to an aromatic ring is 1. The van der Waals surface area contributed by atoms with Gasteiger partial charge in [-0.15, -0.1) is 12.4 Å². The molecule has 122 valence electrons. The quantitative estimate of drug-likeness (QED) is 0.633. The first-order valence-corrected chi connectivity index (χ1v) is 7.16. The van der Waals surface area contributed by atoms with Gasteiger partial charge >= 0.3 is 0 Å². The van der Waals surface area contributed by atoms with Crippen molar-refractivity contribution in [1.82, 2.24) is 9.97 Å². The number of imidazole rings is 1. The van der Waals surface area contributed by atoms with Crippen LogP contribution in [0.1, 0.15) is 5.56 Å². The van der Waals surface area contributed by atoms with Crippen LogP contribution in [0, 0.1) is 0 Å². The largest absolute Gasteiger partial charge is 0.369 e. The number of hydrogen-bond acceptors (Lipinski definition) is 3. The molecule has 6 heteroatoms. The molecule has 4 N–H and O–H groups in total. The number of rotatable bonds is 4. The maximum absolute atomic E-state index is 11.9. The maximum Gasteiger partial charge on any atom is 0.248 e. The minimum atomic E-state index is -0.174. The minimum absolute atomic E-state index is 0. The smallest absolute Gasteiger partial charge is 0.248 e. The Morgan fingerprint density at radius 2 is 1.79 bits per heavy atom. The van der Waals surface area contributed by atoms with Crippen molar-refractivity contribution in [2.24, 2.45) is 0 Å². The first kappa shape index (κ1) is 17.3. The van der Waals surface area contributed by atoms with E-state index in [0.29, 0.717) is 5.95 Å². The molecule has 1 aromatic heterocycles. The average molecular weight is 341 g/mol. The van der Waals surface area contributed by atoms with Gasteiger partial charge in [0.25, 0.3) is 0 Å². The van der Waals surface area contributed by atoms with Crippen molar-refractivity contribution in [1.29, 1.82) is 0 Å². The lowest BCUT2D eigenvalue weighted by molar-refractivity contribution is -0.111. The predicted octanol–water partition coefficient (Wildman–Crippen LogP) is 3.73. The number of anilines is 2. The van der Waals surface area contributed by atoms with Gasteiger partial charge in [0.2, 0.25) is 5.91 Å². The van der Waals surface area contributed by atoms with Crippen molar-refractivity contribution < 1.29 is 4.79 Å². The highest BCUT2D eigenvalue weighted by Crippen LogP contribution is 2.20. The zero-order valence-electron chi connectivity index (χ0n) is 12.8. The summed E-state index contributed by atoms with van der Waals surface area (Å²) in [5, 5.41) is 2.82. The summed E-state index contributed by atoms with van der Waals surface area (Å²) < 4.78 is 0. The average Bonchev–Trinajstić information content (AvgIpc) is 3.01. The third kappa shape index (κ3) is 4.47. The van der Waals surface area contributed by atoms with Gasteiger partial charge in [0.1, 0.15) is 0 Å². The van der Waals surface area contributed by atoms with Crippen LogP contribution in [0.5, 0.6) is 0 Å². The van der Waals surface area contributed by atoms with Crippen LogP contribution >= 0.6 is 12.4 Å². The number of nitrogens with one attached hydrogen (secondary N) is 2. The number of amides is 1. The predicted molar refractivity (Wildman–Crippen MR) is 99.8 cm³/mol. The third-order valence-corrected chi connectivity index (χ3v) is 3.29. The fraction of sp³-hybridized carbons (Fsp3) is 0. The lowest BCUT2D eigenvalue weighted by Gasteiger charge is -2.03. The van der Waals surface area contributed by atoms with E-state index in [1.165, 1.54) is 6.08 Å². The molecule has 0 aliphatic heterocycles. The Morgan fingerprint density at radius 3 is 2.42 bits per heavy atom. The first-order chi connectivity index (χ1) is 11.2. The van der Waals surface area contributed by atoms with Crippen molar-refractivity contribution in [3.05, 3.63) is 72.4 Å². The van der Waals surface area contributed by atoms with Gasteiger partial charge in [-0.05, 0) is 29.3 Å². The Kier molecular flexibility index (Phi) is 5.76. The van der Waals surface area contributed by atoms with Crippen molar-refractivity contribution in [3.8, 4) is 11.3 Å². The second-order valence-electron chi connectivity index (χ2n) is 4.99. The van der Waals surface area contributed by atoms with Crippen LogP contribution in [0.2, 0.25) is 0 Å². The molecule has 0 aliphatic carbocycles. The molecule has 0 saturated heterocycles. The molecule has 0 fully saturated rings. The molecule has 2 aromatic carbocycles. The van der Waals surface area contributed by atoms with Crippen LogP contribution in [-0.2, 0) is 4.79 Å². The molecule has 3 rings (SSSR count). The van der Waals surface area contributed by atoms with Crippen molar-refractivity contribution in [2.75, 3.05) is 11.1 Å². The van der Waals surface area contributed by atoms with Gasteiger partial charge in [-0.25, -0.2) is 4.98 Å². The van der Waals surface area contributed by atoms with Crippen molar-refractivity contribution >= 4 is 36.0 Å². The SMILES string of the molecule is Cl.Nc1ncc(-c2ccc(NC(=O)/C=C/c3ccccc3)cc2)[nH]1. The van der Waals surface area contributed by atoms with Gasteiger partial charge in [-0.3, -0.25) is 4.79 Å². The Morgan fingerprint density at radius 1 is 1.08 bits per heavy atom. The fourth-order valence-electron chi connectivity index (χ4n) is 2.14. The van der Waals surface area contributed by atoms with Crippen LogP contribution in [-0.4, -0.2) is 15.9 Å². The van der Waals surface area contributed by atoms with Gasteiger partial charge < -0.3 is 16.0 Å². The Hall–Kier alpha value is -3.05. The standard InChI is InChI=1S/C18H16N4O.ClH/c19-18-20-12-16(22-18)14-7-9-15(10-8-14)21-17(23)11-6-13-4-2-1-3-5-13;/h1-12H,(H,21,23)(H3,19,20,22);1H/b11-6+;. The van der Waals surface area contributed by atoms with Gasteiger partial charge in [-0.2, -0.15) is 0 Å². The highest BCUT2D eigenvalue weighted by atomic mass is 35.5. The first-order valence-electron chi connectivity index (χ1n) is 7.16. The Balaban J connectivity index is 0.00000208. The second-order valence-corrected chi connectivity index (χ2v) is 4.99. The zero-order valence-corrected chi connectivity index (χ0v) is 13.6. The number of nitrogens with zero attached hydrogens (tertiary/aromatic N) is 1. The minimum Gasteiger partial charge on any atom is -0.369 e. The normalized spacial score (nSPS) is 10.3. The fourth-order valence-corrected chi connectivity index (χ4v) is 2.14. The monoisotopic (exact) mass is 340 g/mol. The van der Waals surface area contributed by atoms with E-state index in [4.69, 9.17) is 5.73 Å². The van der Waals surface area contributed by atoms with E-state index in [-0.39, 0.29) is 18.3 Å². The summed E-state index contributed by atoms with van der Waals surface area (Å²) in [6.07, 6.45) is 4.96. The summed E-state index contributed by atoms with van der Waals surface area (Å²) in [6, 6.07) is 17.1. The van der Waals surface area contributed by atoms with Crippen molar-refractivity contribution in [2.45, 2.75) is 0 Å². The summed E-state index contributed by atoms with van der Waals surface area (Å²) >= 11 is 0. The number of nitrogens with two attached hydrogens (primary N) is 1. The molecule has 1 heterocycles. The van der Waals surface area contributed by atoms with E-state index in [0.717, 1.165) is 22.5 Å². The number of aromatic amines is 1. The molecule has 3 aromatic rings. The molecule has 0 radical (unpaired) electrons. The number of hydrogen-bond donors (Lipinski definition) is 3. The molecule has 0 bridgehead atoms. The summed E-state index contributed by atoms with van der Waals surface area (Å²) in [7, 11) is 0. The molecule has 0 spiro atoms. The topological polar surface area (TPSA) is 83.8 Å². The van der Waals surface area contributed by atoms with Crippen LogP contribution < -0.4 is 11.1 Å². The van der Waals surface area contributed by atoms with E-state index in [1.807, 2.05) is 54.6 Å². The molecule has 0 saturated carbocycles. The summed E-state index contributed by atoms with van der Waals surface area (Å²) in [4.78, 5) is 18.8. The molecular weight excluding hydrogens is 324 g/mol. The number of carbonyl (C=O) groups excluding carboxylic acids is 1. The van der Waals surface area contributed by atoms with Crippen LogP contribution in [0.3, 0.4) is 0 Å². The third-order valence-electron chi connectivity index (χ3n) is 3.29. The van der Waals surface area contributed by atoms with Gasteiger partial charge in [0, 0.05) is 11.8 Å². The Labute approximate surface area is 146 Å². The summed E-state index contributed by atoms with van der Waals surface area (Å²) in [5.41, 5.74) is 9.06. The molecule has 0 unspecified atom stereocenters. The van der Waals surface area contributed by atoms with Gasteiger partial charge in [0.15, 0.2) is 5.95 Å². The highest BCUT2D eigenvalue weighted by molar-refractivity contribution is 6.02. The number of aromatic nitrogens is 2. The lowest BCUT2D eigenvalue weighted by Crippen LogP contribution is -2.07. The maximum atomic E-state index is 11.9. The lowest BCUT2D eigenvalue weighted by atomic mass is 10.1. The van der Waals surface area contributed by atoms with Crippen LogP contribution in [0.25, 0.3) is 17.3 Å². The zero-order chi connectivity index (χ0) is 16.1. The molecular formula is C18H17ClN4O. The second kappa shape index (κ2) is 7.99. The van der Waals surface area contributed by atoms with Crippen molar-refractivity contribution in [3.63, 3.8) is 0 Å². The number of H-pyrrole nitrogens is 1. The van der Waals surface area contributed by atoms with E-state index >= 15 is 0 Å². The number of benzene rings is 2. The Bertz CT molecular complexity index is 826. The number of carbonyl (C=O) groups is 1. The van der Waals surface area contributed by atoms with Crippen LogP contribution in [0.4, 0.5) is 11.6 Å². The molecule has 5 nitrogen and oxygen atoms in total. The van der Waals surface area contributed by atoms with E-state index in [2.05, 4.69) is 15.3 Å².